The molecule has 1 aliphatic heterocycles. The molecule has 0 fully saturated rings. The Balaban J connectivity index is 1.99. The molecule has 6 nitrogen and oxygen atoms in total. The Morgan fingerprint density at radius 1 is 1.39 bits per heavy atom. The molecule has 1 heterocycles. The molecule has 2 rings (SSSR count). The van der Waals surface area contributed by atoms with Crippen molar-refractivity contribution in [1.29, 1.82) is 0 Å². The smallest absolute Gasteiger partial charge is 0.411 e. The number of rotatable bonds is 6. The van der Waals surface area contributed by atoms with Gasteiger partial charge in [-0.2, -0.15) is 13.2 Å². The number of amides is 1. The number of carbonyl (C=O) groups is 2. The van der Waals surface area contributed by atoms with E-state index in [1.165, 1.54) is 6.07 Å². The summed E-state index contributed by atoms with van der Waals surface area (Å²) in [5, 5.41) is 11.4. The van der Waals surface area contributed by atoms with E-state index in [4.69, 9.17) is 4.74 Å². The van der Waals surface area contributed by atoms with Crippen molar-refractivity contribution in [3.05, 3.63) is 29.3 Å². The number of carbonyl (C=O) groups excluding carboxylic acids is 1. The molecule has 9 heteroatoms. The van der Waals surface area contributed by atoms with Gasteiger partial charge in [0.25, 0.3) is 0 Å². The molecule has 1 atom stereocenters. The van der Waals surface area contributed by atoms with Gasteiger partial charge >= 0.3 is 12.1 Å². The number of aliphatic carboxylic acids is 1. The number of nitrogens with one attached hydrogen (secondary N) is 1. The zero-order chi connectivity index (χ0) is 17.0. The van der Waals surface area contributed by atoms with Crippen LogP contribution in [-0.4, -0.2) is 43.0 Å². The highest BCUT2D eigenvalue weighted by atomic mass is 19.4. The molecule has 0 saturated carbocycles. The van der Waals surface area contributed by atoms with Crippen LogP contribution in [0.25, 0.3) is 0 Å². The van der Waals surface area contributed by atoms with Crippen molar-refractivity contribution in [3.63, 3.8) is 0 Å². The Hall–Kier alpha value is -2.29. The number of alkyl halides is 3. The zero-order valence-corrected chi connectivity index (χ0v) is 11.9. The fourth-order valence-corrected chi connectivity index (χ4v) is 2.14. The Labute approximate surface area is 129 Å². The first-order valence-electron chi connectivity index (χ1n) is 6.68. The lowest BCUT2D eigenvalue weighted by Gasteiger charge is -2.16. The van der Waals surface area contributed by atoms with E-state index < -0.39 is 37.3 Å². The van der Waals surface area contributed by atoms with E-state index in [0.717, 1.165) is 5.56 Å². The van der Waals surface area contributed by atoms with Crippen LogP contribution in [0.15, 0.2) is 18.2 Å². The number of ether oxygens (including phenoxy) is 2. The fourth-order valence-electron chi connectivity index (χ4n) is 2.14. The minimum atomic E-state index is -4.55. The van der Waals surface area contributed by atoms with Crippen molar-refractivity contribution < 1.29 is 37.3 Å². The number of hydrogen-bond donors (Lipinski definition) is 2. The molecular formula is C14H14F3NO5. The predicted molar refractivity (Wildman–Crippen MR) is 71.0 cm³/mol. The maximum absolute atomic E-state index is 11.9. The maximum Gasteiger partial charge on any atom is 0.411 e. The van der Waals surface area contributed by atoms with Crippen LogP contribution in [0.5, 0.6) is 5.75 Å². The lowest BCUT2D eigenvalue weighted by Crippen LogP contribution is -2.36. The normalized spacial score (nSPS) is 14.7. The van der Waals surface area contributed by atoms with E-state index in [9.17, 15) is 27.9 Å². The average Bonchev–Trinajstić information content (AvgIpc) is 2.90. The minimum absolute atomic E-state index is 0.311. The van der Waals surface area contributed by atoms with Crippen LogP contribution in [0.2, 0.25) is 0 Å². The first kappa shape index (κ1) is 17.1. The van der Waals surface area contributed by atoms with Crippen molar-refractivity contribution in [3.8, 4) is 5.75 Å². The highest BCUT2D eigenvalue weighted by Crippen LogP contribution is 2.28. The molecule has 0 saturated heterocycles. The molecule has 126 valence electrons. The summed E-state index contributed by atoms with van der Waals surface area (Å²) in [5.41, 5.74) is 1.13. The maximum atomic E-state index is 11.9. The number of benzene rings is 1. The minimum Gasteiger partial charge on any atom is -0.493 e. The first-order valence-corrected chi connectivity index (χ1v) is 6.68. The fraction of sp³-hybridized carbons (Fsp3) is 0.429. The second-order valence-electron chi connectivity index (χ2n) is 4.91. The molecule has 0 aliphatic carbocycles. The molecule has 1 aromatic carbocycles. The van der Waals surface area contributed by atoms with Crippen molar-refractivity contribution in [2.75, 3.05) is 19.8 Å². The molecule has 1 aliphatic rings. The highest BCUT2D eigenvalue weighted by Gasteiger charge is 2.29. The van der Waals surface area contributed by atoms with Crippen LogP contribution < -0.4 is 10.1 Å². The van der Waals surface area contributed by atoms with Crippen LogP contribution in [0.1, 0.15) is 17.2 Å². The van der Waals surface area contributed by atoms with Crippen LogP contribution in [0, 0.1) is 0 Å². The van der Waals surface area contributed by atoms with Crippen LogP contribution >= 0.6 is 0 Å². The van der Waals surface area contributed by atoms with Gasteiger partial charge in [-0.25, -0.2) is 4.79 Å². The number of carboxylic acid groups (broad SMARTS) is 1. The Bertz CT molecular complexity index is 603. The van der Waals surface area contributed by atoms with Crippen LogP contribution in [-0.2, 0) is 20.7 Å². The summed E-state index contributed by atoms with van der Waals surface area (Å²) in [6.45, 7) is -1.96. The standard InChI is InChI=1S/C14H14F3NO5/c15-14(16,17)7-22-6-11(19)18-12(13(20)21)9-1-2-10-8(5-9)3-4-23-10/h1-2,5,12H,3-4,6-7H2,(H,18,19)(H,20,21). The number of halogens is 3. The highest BCUT2D eigenvalue weighted by molar-refractivity contribution is 5.85. The van der Waals surface area contributed by atoms with Crippen molar-refractivity contribution in [2.24, 2.45) is 0 Å². The van der Waals surface area contributed by atoms with Gasteiger partial charge < -0.3 is 19.9 Å². The second kappa shape index (κ2) is 6.86. The number of hydrogen-bond acceptors (Lipinski definition) is 4. The molecule has 23 heavy (non-hydrogen) atoms. The molecule has 1 amide bonds. The van der Waals surface area contributed by atoms with Crippen LogP contribution in [0.3, 0.4) is 0 Å². The predicted octanol–water partition coefficient (Wildman–Crippen LogP) is 1.44. The summed E-state index contributed by atoms with van der Waals surface area (Å²) < 4.78 is 45.3. The van der Waals surface area contributed by atoms with E-state index in [-0.39, 0.29) is 0 Å². The SMILES string of the molecule is O=C(COCC(F)(F)F)NC(C(=O)O)c1ccc2c(c1)CCO2. The largest absolute Gasteiger partial charge is 0.493 e. The van der Waals surface area contributed by atoms with Gasteiger partial charge in [-0.15, -0.1) is 0 Å². The van der Waals surface area contributed by atoms with Crippen molar-refractivity contribution >= 4 is 11.9 Å². The van der Waals surface area contributed by atoms with E-state index in [1.54, 1.807) is 12.1 Å². The Morgan fingerprint density at radius 3 is 2.78 bits per heavy atom. The second-order valence-corrected chi connectivity index (χ2v) is 4.91. The zero-order valence-electron chi connectivity index (χ0n) is 11.9. The summed E-state index contributed by atoms with van der Waals surface area (Å²) in [6, 6.07) is 3.31. The monoisotopic (exact) mass is 333 g/mol. The summed E-state index contributed by atoms with van der Waals surface area (Å²) >= 11 is 0. The van der Waals surface area contributed by atoms with Gasteiger partial charge in [-0.1, -0.05) is 6.07 Å². The number of carboxylic acids is 1. The summed E-state index contributed by atoms with van der Waals surface area (Å²) in [7, 11) is 0. The van der Waals surface area contributed by atoms with Gasteiger partial charge in [0.1, 0.15) is 19.0 Å². The van der Waals surface area contributed by atoms with Gasteiger partial charge in [0.05, 0.1) is 6.61 Å². The van der Waals surface area contributed by atoms with Gasteiger partial charge in [0.2, 0.25) is 5.91 Å². The molecule has 0 spiro atoms. The van der Waals surface area contributed by atoms with Gasteiger partial charge in [0.15, 0.2) is 6.04 Å². The first-order chi connectivity index (χ1) is 10.8. The molecule has 0 aromatic heterocycles. The van der Waals surface area contributed by atoms with E-state index in [2.05, 4.69) is 10.1 Å². The van der Waals surface area contributed by atoms with Crippen molar-refractivity contribution in [2.45, 2.75) is 18.6 Å². The lowest BCUT2D eigenvalue weighted by atomic mass is 10.0. The summed E-state index contributed by atoms with van der Waals surface area (Å²) in [6.07, 6.45) is -3.93. The van der Waals surface area contributed by atoms with Crippen LogP contribution in [0.4, 0.5) is 13.2 Å². The number of fused-ring (bicyclic) bond motifs is 1. The third kappa shape index (κ3) is 4.85. The summed E-state index contributed by atoms with van der Waals surface area (Å²) in [4.78, 5) is 22.9. The third-order valence-electron chi connectivity index (χ3n) is 3.10. The van der Waals surface area contributed by atoms with Gasteiger partial charge in [-0.3, -0.25) is 4.79 Å². The molecular weight excluding hydrogens is 319 g/mol. The quantitative estimate of drug-likeness (QED) is 0.823. The van der Waals surface area contributed by atoms with E-state index in [1.807, 2.05) is 0 Å². The van der Waals surface area contributed by atoms with Crippen molar-refractivity contribution in [1.82, 2.24) is 5.32 Å². The molecule has 1 aromatic rings. The van der Waals surface area contributed by atoms with Gasteiger partial charge in [0, 0.05) is 6.42 Å². The molecule has 2 N–H and O–H groups in total. The van der Waals surface area contributed by atoms with E-state index in [0.29, 0.717) is 24.3 Å². The van der Waals surface area contributed by atoms with Gasteiger partial charge in [-0.05, 0) is 23.3 Å². The Morgan fingerprint density at radius 2 is 2.13 bits per heavy atom. The molecule has 1 unspecified atom stereocenters. The third-order valence-corrected chi connectivity index (χ3v) is 3.10. The molecule has 0 bridgehead atoms. The topological polar surface area (TPSA) is 84.9 Å². The Kier molecular flexibility index (Phi) is 5.09. The summed E-state index contributed by atoms with van der Waals surface area (Å²) in [5.74, 6) is -1.62. The lowest BCUT2D eigenvalue weighted by molar-refractivity contribution is -0.176. The van der Waals surface area contributed by atoms with E-state index >= 15 is 0 Å². The average molecular weight is 333 g/mol. The molecule has 0 radical (unpaired) electrons.